The molecule has 1 amide bonds. The van der Waals surface area contributed by atoms with E-state index in [1.165, 1.54) is 18.4 Å². The maximum absolute atomic E-state index is 12.8. The summed E-state index contributed by atoms with van der Waals surface area (Å²) in [5, 5.41) is 0. The van der Waals surface area contributed by atoms with Crippen LogP contribution in [0.2, 0.25) is 0 Å². The Morgan fingerprint density at radius 3 is 2.30 bits per heavy atom. The number of aryl methyl sites for hydroxylation is 2. The Labute approximate surface area is 177 Å². The first-order valence-electron chi connectivity index (χ1n) is 10.7. The van der Waals surface area contributed by atoms with Crippen LogP contribution in [0.25, 0.3) is 11.5 Å². The molecule has 2 aromatic carbocycles. The molecule has 156 valence electrons. The number of amides is 1. The highest BCUT2D eigenvalue weighted by Gasteiger charge is 2.18. The molecule has 0 bridgehead atoms. The van der Waals surface area contributed by atoms with E-state index < -0.39 is 0 Å². The van der Waals surface area contributed by atoms with Gasteiger partial charge in [-0.2, -0.15) is 0 Å². The smallest absolute Gasteiger partial charge is 0.253 e. The van der Waals surface area contributed by atoms with Gasteiger partial charge in [0.05, 0.1) is 0 Å². The maximum atomic E-state index is 12.8. The summed E-state index contributed by atoms with van der Waals surface area (Å²) in [6, 6.07) is 15.5. The first kappa shape index (κ1) is 20.2. The van der Waals surface area contributed by atoms with Crippen LogP contribution in [0.15, 0.2) is 52.9 Å². The van der Waals surface area contributed by atoms with Crippen LogP contribution in [0.1, 0.15) is 53.1 Å². The molecular weight excluding hydrogens is 376 g/mol. The molecule has 0 N–H and O–H groups in total. The number of oxazole rings is 1. The van der Waals surface area contributed by atoms with Gasteiger partial charge < -0.3 is 14.1 Å². The molecule has 5 nitrogen and oxygen atoms in total. The number of nitrogens with zero attached hydrogens (tertiary/aromatic N) is 2. The van der Waals surface area contributed by atoms with E-state index in [1.54, 1.807) is 0 Å². The van der Waals surface area contributed by atoms with Crippen molar-refractivity contribution in [3.05, 3.63) is 71.1 Å². The van der Waals surface area contributed by atoms with Crippen molar-refractivity contribution in [3.8, 4) is 17.2 Å². The van der Waals surface area contributed by atoms with Crippen molar-refractivity contribution in [2.24, 2.45) is 0 Å². The van der Waals surface area contributed by atoms with Crippen molar-refractivity contribution in [2.45, 2.75) is 46.1 Å². The van der Waals surface area contributed by atoms with Gasteiger partial charge in [-0.1, -0.05) is 30.5 Å². The van der Waals surface area contributed by atoms with E-state index in [0.717, 1.165) is 48.7 Å². The van der Waals surface area contributed by atoms with E-state index in [4.69, 9.17) is 9.15 Å². The van der Waals surface area contributed by atoms with Crippen molar-refractivity contribution in [3.63, 3.8) is 0 Å². The first-order chi connectivity index (χ1) is 14.6. The molecule has 0 saturated carbocycles. The zero-order valence-corrected chi connectivity index (χ0v) is 17.7. The van der Waals surface area contributed by atoms with Crippen molar-refractivity contribution in [1.29, 1.82) is 0 Å². The average Bonchev–Trinajstić information content (AvgIpc) is 2.96. The molecule has 1 aliphatic heterocycles. The topological polar surface area (TPSA) is 55.6 Å². The number of carbonyl (C=O) groups is 1. The van der Waals surface area contributed by atoms with Gasteiger partial charge in [-0.3, -0.25) is 4.79 Å². The Hall–Kier alpha value is -3.08. The van der Waals surface area contributed by atoms with Gasteiger partial charge in [0.15, 0.2) is 0 Å². The molecule has 5 heteroatoms. The number of likely N-dealkylation sites (tertiary alicyclic amines) is 1. The Balaban J connectivity index is 1.43. The van der Waals surface area contributed by atoms with Crippen LogP contribution < -0.4 is 4.74 Å². The summed E-state index contributed by atoms with van der Waals surface area (Å²) in [7, 11) is 0. The summed E-state index contributed by atoms with van der Waals surface area (Å²) in [6.07, 6.45) is 4.60. The third kappa shape index (κ3) is 4.73. The molecule has 1 saturated heterocycles. The van der Waals surface area contributed by atoms with Crippen LogP contribution in [0.4, 0.5) is 0 Å². The van der Waals surface area contributed by atoms with Gasteiger partial charge in [-0.25, -0.2) is 4.98 Å². The summed E-state index contributed by atoms with van der Waals surface area (Å²) in [5.74, 6) is 2.20. The number of hydrogen-bond acceptors (Lipinski definition) is 4. The van der Waals surface area contributed by atoms with Gasteiger partial charge in [0, 0.05) is 24.2 Å². The quantitative estimate of drug-likeness (QED) is 0.559. The van der Waals surface area contributed by atoms with E-state index in [9.17, 15) is 4.79 Å². The predicted octanol–water partition coefficient (Wildman–Crippen LogP) is 5.55. The molecule has 0 aliphatic carbocycles. The first-order valence-corrected chi connectivity index (χ1v) is 10.7. The normalized spacial score (nSPS) is 14.4. The number of ether oxygens (including phenoxy) is 1. The Kier molecular flexibility index (Phi) is 6.17. The lowest BCUT2D eigenvalue weighted by Crippen LogP contribution is -2.31. The summed E-state index contributed by atoms with van der Waals surface area (Å²) in [6.45, 7) is 5.99. The van der Waals surface area contributed by atoms with Crippen molar-refractivity contribution < 1.29 is 13.9 Å². The SMILES string of the molecule is Cc1ccc(OCc2nc(-c3ccc(C(=O)N4CCCCCC4)cc3)oc2C)cc1. The Morgan fingerprint density at radius 1 is 0.967 bits per heavy atom. The second-order valence-electron chi connectivity index (χ2n) is 7.91. The molecular formula is C25H28N2O3. The molecule has 1 aliphatic rings. The van der Waals surface area contributed by atoms with Crippen LogP contribution in [0.5, 0.6) is 5.75 Å². The number of carbonyl (C=O) groups excluding carboxylic acids is 1. The molecule has 1 fully saturated rings. The second kappa shape index (κ2) is 9.16. The minimum Gasteiger partial charge on any atom is -0.487 e. The monoisotopic (exact) mass is 404 g/mol. The van der Waals surface area contributed by atoms with Gasteiger partial charge in [0.25, 0.3) is 5.91 Å². The van der Waals surface area contributed by atoms with Gasteiger partial charge in [0.2, 0.25) is 5.89 Å². The number of rotatable bonds is 5. The zero-order chi connectivity index (χ0) is 20.9. The standard InChI is InChI=1S/C25H28N2O3/c1-18-7-13-22(14-8-18)29-17-23-19(2)30-24(26-23)20-9-11-21(12-10-20)25(28)27-15-5-3-4-6-16-27/h7-14H,3-6,15-17H2,1-2H3. The van der Waals surface area contributed by atoms with Crippen molar-refractivity contribution in [2.75, 3.05) is 13.1 Å². The third-order valence-electron chi connectivity index (χ3n) is 5.56. The third-order valence-corrected chi connectivity index (χ3v) is 5.56. The van der Waals surface area contributed by atoms with Crippen LogP contribution >= 0.6 is 0 Å². The van der Waals surface area contributed by atoms with Gasteiger partial charge in [-0.15, -0.1) is 0 Å². The lowest BCUT2D eigenvalue weighted by Gasteiger charge is -2.20. The molecule has 30 heavy (non-hydrogen) atoms. The maximum Gasteiger partial charge on any atom is 0.253 e. The highest BCUT2D eigenvalue weighted by molar-refractivity contribution is 5.94. The number of aromatic nitrogens is 1. The second-order valence-corrected chi connectivity index (χ2v) is 7.91. The molecule has 4 rings (SSSR count). The molecule has 0 unspecified atom stereocenters. The Bertz CT molecular complexity index is 982. The van der Waals surface area contributed by atoms with Crippen LogP contribution in [0.3, 0.4) is 0 Å². The zero-order valence-electron chi connectivity index (χ0n) is 17.7. The van der Waals surface area contributed by atoms with Crippen LogP contribution in [0, 0.1) is 13.8 Å². The lowest BCUT2D eigenvalue weighted by atomic mass is 10.1. The fourth-order valence-electron chi connectivity index (χ4n) is 3.68. The minimum atomic E-state index is 0.110. The molecule has 0 atom stereocenters. The van der Waals surface area contributed by atoms with E-state index in [0.29, 0.717) is 18.1 Å². The lowest BCUT2D eigenvalue weighted by molar-refractivity contribution is 0.0761. The van der Waals surface area contributed by atoms with E-state index in [1.807, 2.05) is 67.3 Å². The highest BCUT2D eigenvalue weighted by atomic mass is 16.5. The summed E-state index contributed by atoms with van der Waals surface area (Å²) in [5.41, 5.74) is 3.54. The van der Waals surface area contributed by atoms with Gasteiger partial charge >= 0.3 is 0 Å². The largest absolute Gasteiger partial charge is 0.487 e. The van der Waals surface area contributed by atoms with Crippen LogP contribution in [-0.4, -0.2) is 28.9 Å². The van der Waals surface area contributed by atoms with Crippen molar-refractivity contribution in [1.82, 2.24) is 9.88 Å². The fraction of sp³-hybridized carbons (Fsp3) is 0.360. The molecule has 2 heterocycles. The minimum absolute atomic E-state index is 0.110. The average molecular weight is 405 g/mol. The van der Waals surface area contributed by atoms with E-state index >= 15 is 0 Å². The molecule has 1 aromatic heterocycles. The van der Waals surface area contributed by atoms with Gasteiger partial charge in [0.1, 0.15) is 23.8 Å². The number of hydrogen-bond donors (Lipinski definition) is 0. The molecule has 0 radical (unpaired) electrons. The van der Waals surface area contributed by atoms with Crippen LogP contribution in [-0.2, 0) is 6.61 Å². The molecule has 0 spiro atoms. The number of benzene rings is 2. The van der Waals surface area contributed by atoms with Gasteiger partial charge in [-0.05, 0) is 63.1 Å². The Morgan fingerprint density at radius 2 is 1.63 bits per heavy atom. The highest BCUT2D eigenvalue weighted by Crippen LogP contribution is 2.24. The molecule has 3 aromatic rings. The fourth-order valence-corrected chi connectivity index (χ4v) is 3.68. The summed E-state index contributed by atoms with van der Waals surface area (Å²) < 4.78 is 11.7. The van der Waals surface area contributed by atoms with E-state index in [2.05, 4.69) is 4.98 Å². The predicted molar refractivity (Wildman–Crippen MR) is 117 cm³/mol. The van der Waals surface area contributed by atoms with E-state index in [-0.39, 0.29) is 5.91 Å². The summed E-state index contributed by atoms with van der Waals surface area (Å²) >= 11 is 0. The summed E-state index contributed by atoms with van der Waals surface area (Å²) in [4.78, 5) is 19.3. The van der Waals surface area contributed by atoms with Crippen molar-refractivity contribution >= 4 is 5.91 Å².